The molecule has 8 heteroatoms. The van der Waals surface area contributed by atoms with Crippen molar-refractivity contribution < 1.29 is 13.9 Å². The molecule has 3 aliphatic rings. The fraction of sp³-hybridized carbons (Fsp3) is 0.565. The second-order valence-corrected chi connectivity index (χ2v) is 10.7. The Hall–Kier alpha value is -2.47. The third-order valence-electron chi connectivity index (χ3n) is 7.38. The smallest absolute Gasteiger partial charge is 0.217 e. The van der Waals surface area contributed by atoms with Gasteiger partial charge in [0.1, 0.15) is 11.9 Å². The molecule has 0 amide bonds. The SMILES string of the molecule is CC(C)(C)C1CCC23OC(=N)C(C#N)(C2C1)C(C#N)(C#N)C(c1cc(Br)ccc1F)O3. The Morgan fingerprint density at radius 2 is 1.87 bits per heavy atom. The van der Waals surface area contributed by atoms with E-state index in [0.29, 0.717) is 17.3 Å². The fourth-order valence-electron chi connectivity index (χ4n) is 5.62. The Bertz CT molecular complexity index is 1080. The number of halogens is 2. The van der Waals surface area contributed by atoms with Gasteiger partial charge < -0.3 is 9.47 Å². The molecule has 1 saturated carbocycles. The van der Waals surface area contributed by atoms with E-state index in [1.54, 1.807) is 0 Å². The maximum Gasteiger partial charge on any atom is 0.217 e. The third kappa shape index (κ3) is 2.63. The monoisotopic (exact) mass is 484 g/mol. The lowest BCUT2D eigenvalue weighted by molar-refractivity contribution is -0.302. The molecular formula is C23H22BrFN4O2. The number of hydrogen-bond donors (Lipinski definition) is 1. The van der Waals surface area contributed by atoms with Crippen molar-refractivity contribution in [2.24, 2.45) is 28.1 Å². The van der Waals surface area contributed by atoms with Crippen LogP contribution in [0.15, 0.2) is 22.7 Å². The predicted octanol–water partition coefficient (Wildman–Crippen LogP) is 5.37. The van der Waals surface area contributed by atoms with Gasteiger partial charge in [0.05, 0.1) is 24.1 Å². The highest BCUT2D eigenvalue weighted by Crippen LogP contribution is 2.70. The number of nitrogens with zero attached hydrogens (tertiary/aromatic N) is 3. The van der Waals surface area contributed by atoms with E-state index in [2.05, 4.69) is 42.8 Å². The molecular weight excluding hydrogens is 463 g/mol. The molecule has 1 aromatic rings. The second kappa shape index (κ2) is 6.76. The zero-order chi connectivity index (χ0) is 22.8. The summed E-state index contributed by atoms with van der Waals surface area (Å²) in [4.78, 5) is 0. The van der Waals surface area contributed by atoms with Gasteiger partial charge in [-0.3, -0.25) is 5.41 Å². The van der Waals surface area contributed by atoms with Gasteiger partial charge in [-0.15, -0.1) is 0 Å². The van der Waals surface area contributed by atoms with Crippen molar-refractivity contribution in [2.75, 3.05) is 0 Å². The van der Waals surface area contributed by atoms with Crippen molar-refractivity contribution in [1.82, 2.24) is 0 Å². The van der Waals surface area contributed by atoms with Crippen molar-refractivity contribution in [2.45, 2.75) is 51.9 Å². The minimum absolute atomic E-state index is 0.00818. The minimum atomic E-state index is -2.15. The van der Waals surface area contributed by atoms with Crippen LogP contribution in [0.4, 0.5) is 4.39 Å². The molecule has 2 heterocycles. The number of hydrogen-bond acceptors (Lipinski definition) is 6. The topological polar surface area (TPSA) is 114 Å². The van der Waals surface area contributed by atoms with Gasteiger partial charge in [-0.2, -0.15) is 15.8 Å². The van der Waals surface area contributed by atoms with E-state index in [0.717, 1.165) is 6.42 Å². The molecule has 3 fully saturated rings. The maximum absolute atomic E-state index is 14.9. The van der Waals surface area contributed by atoms with Crippen LogP contribution in [0.2, 0.25) is 0 Å². The number of benzene rings is 1. The quantitative estimate of drug-likeness (QED) is 0.575. The van der Waals surface area contributed by atoms with Gasteiger partial charge >= 0.3 is 0 Å². The zero-order valence-electron chi connectivity index (χ0n) is 17.5. The lowest BCUT2D eigenvalue weighted by Gasteiger charge is -2.54. The summed E-state index contributed by atoms with van der Waals surface area (Å²) in [5.41, 5.74) is -4.09. The van der Waals surface area contributed by atoms with Gasteiger partial charge in [-0.1, -0.05) is 36.7 Å². The number of nitriles is 3. The first-order valence-electron chi connectivity index (χ1n) is 10.2. The Kier molecular flexibility index (Phi) is 4.74. The molecule has 1 aliphatic carbocycles. The highest BCUT2D eigenvalue weighted by molar-refractivity contribution is 9.10. The van der Waals surface area contributed by atoms with E-state index < -0.39 is 40.4 Å². The molecule has 1 aromatic carbocycles. The molecule has 2 bridgehead atoms. The lowest BCUT2D eigenvalue weighted by atomic mass is 9.49. The summed E-state index contributed by atoms with van der Waals surface area (Å²) in [6, 6.07) is 10.3. The first-order valence-corrected chi connectivity index (χ1v) is 10.9. The summed E-state index contributed by atoms with van der Waals surface area (Å²) in [5, 5.41) is 39.6. The molecule has 6 nitrogen and oxygen atoms in total. The van der Waals surface area contributed by atoms with Crippen LogP contribution < -0.4 is 0 Å². The molecule has 31 heavy (non-hydrogen) atoms. The summed E-state index contributed by atoms with van der Waals surface area (Å²) < 4.78 is 27.7. The Balaban J connectivity index is 1.98. The van der Waals surface area contributed by atoms with Crippen LogP contribution in [0.3, 0.4) is 0 Å². The van der Waals surface area contributed by atoms with Crippen molar-refractivity contribution in [1.29, 1.82) is 21.2 Å². The summed E-state index contributed by atoms with van der Waals surface area (Å²) in [5.74, 6) is -2.92. The van der Waals surface area contributed by atoms with Crippen LogP contribution in [-0.2, 0) is 9.47 Å². The normalized spacial score (nSPS) is 35.8. The van der Waals surface area contributed by atoms with Gasteiger partial charge in [0.25, 0.3) is 0 Å². The summed E-state index contributed by atoms with van der Waals surface area (Å²) in [6.07, 6.45) is 0.210. The van der Waals surface area contributed by atoms with Gasteiger partial charge in [0, 0.05) is 16.5 Å². The molecule has 1 N–H and O–H groups in total. The summed E-state index contributed by atoms with van der Waals surface area (Å²) in [7, 11) is 0. The highest BCUT2D eigenvalue weighted by atomic mass is 79.9. The lowest BCUT2D eigenvalue weighted by Crippen LogP contribution is -2.61. The van der Waals surface area contributed by atoms with Crippen LogP contribution in [0.1, 0.15) is 51.7 Å². The molecule has 160 valence electrons. The third-order valence-corrected chi connectivity index (χ3v) is 7.87. The van der Waals surface area contributed by atoms with Crippen LogP contribution in [0.25, 0.3) is 0 Å². The number of ether oxygens (including phenoxy) is 2. The maximum atomic E-state index is 14.9. The molecule has 2 aliphatic heterocycles. The second-order valence-electron chi connectivity index (χ2n) is 9.75. The van der Waals surface area contributed by atoms with E-state index in [9.17, 15) is 20.2 Å². The summed E-state index contributed by atoms with van der Waals surface area (Å²) in [6.45, 7) is 6.32. The van der Waals surface area contributed by atoms with Gasteiger partial charge in [-0.25, -0.2) is 4.39 Å². The standard InChI is InChI=1S/C23H22BrFN4O2/c1-20(2,3)13-6-7-23-17(8-13)22(12-28,19(29)31-23)21(10-26,11-27)18(30-23)15-9-14(24)4-5-16(15)25/h4-5,9,13,17-18,29H,6-8H2,1-3H3. The number of nitrogens with one attached hydrogen (secondary N) is 1. The van der Waals surface area contributed by atoms with E-state index in [-0.39, 0.29) is 16.9 Å². The predicted molar refractivity (Wildman–Crippen MR) is 111 cm³/mol. The molecule has 5 unspecified atom stereocenters. The zero-order valence-corrected chi connectivity index (χ0v) is 19.1. The van der Waals surface area contributed by atoms with Crippen LogP contribution >= 0.6 is 15.9 Å². The molecule has 0 aromatic heterocycles. The molecule has 0 spiro atoms. The van der Waals surface area contributed by atoms with E-state index in [1.807, 2.05) is 12.1 Å². The highest BCUT2D eigenvalue weighted by Gasteiger charge is 2.81. The van der Waals surface area contributed by atoms with E-state index in [1.165, 1.54) is 18.2 Å². The molecule has 0 radical (unpaired) electrons. The van der Waals surface area contributed by atoms with Gasteiger partial charge in [0.2, 0.25) is 17.1 Å². The first-order chi connectivity index (χ1) is 14.5. The van der Waals surface area contributed by atoms with Crippen LogP contribution in [0.5, 0.6) is 0 Å². The summed E-state index contributed by atoms with van der Waals surface area (Å²) >= 11 is 3.30. The molecule has 4 rings (SSSR count). The van der Waals surface area contributed by atoms with Crippen molar-refractivity contribution in [3.8, 4) is 18.2 Å². The first kappa shape index (κ1) is 21.8. The van der Waals surface area contributed by atoms with Crippen molar-refractivity contribution >= 4 is 21.8 Å². The van der Waals surface area contributed by atoms with Crippen molar-refractivity contribution in [3.63, 3.8) is 0 Å². The molecule has 5 atom stereocenters. The Morgan fingerprint density at radius 3 is 2.45 bits per heavy atom. The van der Waals surface area contributed by atoms with Gasteiger partial charge in [-0.05, 0) is 42.4 Å². The van der Waals surface area contributed by atoms with E-state index >= 15 is 0 Å². The minimum Gasteiger partial charge on any atom is -0.447 e. The van der Waals surface area contributed by atoms with Crippen molar-refractivity contribution in [3.05, 3.63) is 34.1 Å². The van der Waals surface area contributed by atoms with E-state index in [4.69, 9.17) is 14.9 Å². The fourth-order valence-corrected chi connectivity index (χ4v) is 6.00. The molecule has 2 saturated heterocycles. The largest absolute Gasteiger partial charge is 0.447 e. The number of rotatable bonds is 1. The Labute approximate surface area is 189 Å². The van der Waals surface area contributed by atoms with Gasteiger partial charge in [0.15, 0.2) is 5.41 Å². The van der Waals surface area contributed by atoms with Crippen LogP contribution in [-0.4, -0.2) is 11.7 Å². The average Bonchev–Trinajstić information content (AvgIpc) is 2.93. The Morgan fingerprint density at radius 1 is 1.19 bits per heavy atom. The van der Waals surface area contributed by atoms with Crippen LogP contribution in [0, 0.1) is 73.3 Å². The average molecular weight is 485 g/mol.